The van der Waals surface area contributed by atoms with Gasteiger partial charge in [0.15, 0.2) is 0 Å². The highest BCUT2D eigenvalue weighted by molar-refractivity contribution is 6.29. The van der Waals surface area contributed by atoms with Crippen molar-refractivity contribution in [3.05, 3.63) is 22.8 Å². The first-order valence-electron chi connectivity index (χ1n) is 6.17. The molecule has 1 aliphatic heterocycles. The molecule has 1 aromatic heterocycles. The summed E-state index contributed by atoms with van der Waals surface area (Å²) in [5.74, 6) is -0.356. The predicted molar refractivity (Wildman–Crippen MR) is 75.1 cm³/mol. The lowest BCUT2D eigenvalue weighted by atomic mass is 10.00. The molecule has 0 radical (unpaired) electrons. The molecule has 1 aromatic rings. The van der Waals surface area contributed by atoms with Crippen LogP contribution < -0.4 is 4.90 Å². The molecule has 2 heterocycles. The zero-order valence-electron chi connectivity index (χ0n) is 11.4. The second kappa shape index (κ2) is 4.98. The van der Waals surface area contributed by atoms with Crippen LogP contribution in [0.15, 0.2) is 12.1 Å². The van der Waals surface area contributed by atoms with Gasteiger partial charge in [-0.05, 0) is 33.0 Å². The van der Waals surface area contributed by atoms with Crippen molar-refractivity contribution in [3.63, 3.8) is 0 Å². The Morgan fingerprint density at radius 3 is 2.68 bits per heavy atom. The number of rotatable bonds is 2. The molecule has 1 N–H and O–H groups in total. The number of hydrogen-bond donors (Lipinski definition) is 1. The molecule has 5 nitrogen and oxygen atoms in total. The minimum Gasteiger partial charge on any atom is -0.478 e. The van der Waals surface area contributed by atoms with Crippen molar-refractivity contribution in [3.8, 4) is 0 Å². The van der Waals surface area contributed by atoms with E-state index >= 15 is 0 Å². The first-order valence-corrected chi connectivity index (χ1v) is 6.54. The van der Waals surface area contributed by atoms with Crippen molar-refractivity contribution in [2.45, 2.75) is 19.4 Å². The third-order valence-electron chi connectivity index (χ3n) is 3.67. The Labute approximate surface area is 117 Å². The molecule has 0 saturated carbocycles. The van der Waals surface area contributed by atoms with Gasteiger partial charge in [-0.2, -0.15) is 0 Å². The fourth-order valence-corrected chi connectivity index (χ4v) is 2.41. The van der Waals surface area contributed by atoms with Gasteiger partial charge in [0.05, 0.1) is 5.56 Å². The number of anilines is 1. The number of piperazine rings is 1. The van der Waals surface area contributed by atoms with Crippen LogP contribution in [-0.2, 0) is 0 Å². The first-order chi connectivity index (χ1) is 8.79. The molecule has 0 bridgehead atoms. The molecule has 104 valence electrons. The molecule has 6 heteroatoms. The summed E-state index contributed by atoms with van der Waals surface area (Å²) in [4.78, 5) is 19.7. The van der Waals surface area contributed by atoms with E-state index in [0.717, 1.165) is 19.6 Å². The van der Waals surface area contributed by atoms with Crippen LogP contribution >= 0.6 is 11.6 Å². The Bertz CT molecular complexity index is 505. The number of aromatic nitrogens is 1. The molecule has 1 saturated heterocycles. The van der Waals surface area contributed by atoms with Crippen LogP contribution in [0.5, 0.6) is 0 Å². The Morgan fingerprint density at radius 1 is 1.42 bits per heavy atom. The smallest absolute Gasteiger partial charge is 0.335 e. The summed E-state index contributed by atoms with van der Waals surface area (Å²) in [6.07, 6.45) is 0. The lowest BCUT2D eigenvalue weighted by Crippen LogP contribution is -2.57. The van der Waals surface area contributed by atoms with E-state index in [9.17, 15) is 4.79 Å². The highest BCUT2D eigenvalue weighted by atomic mass is 35.5. The number of carboxylic acids is 1. The van der Waals surface area contributed by atoms with Gasteiger partial charge in [0.25, 0.3) is 0 Å². The molecule has 0 aliphatic carbocycles. The number of nitrogens with zero attached hydrogens (tertiary/aromatic N) is 3. The van der Waals surface area contributed by atoms with Crippen molar-refractivity contribution in [1.29, 1.82) is 0 Å². The minimum atomic E-state index is -0.987. The van der Waals surface area contributed by atoms with Crippen LogP contribution in [0.2, 0.25) is 5.15 Å². The van der Waals surface area contributed by atoms with Crippen molar-refractivity contribution < 1.29 is 9.90 Å². The molecular formula is C13H18ClN3O2. The molecule has 1 aliphatic rings. The number of halogens is 1. The van der Waals surface area contributed by atoms with Crippen LogP contribution in [-0.4, -0.2) is 53.2 Å². The molecule has 1 fully saturated rings. The summed E-state index contributed by atoms with van der Waals surface area (Å²) in [7, 11) is 2.09. The zero-order chi connectivity index (χ0) is 14.2. The van der Waals surface area contributed by atoms with E-state index in [-0.39, 0.29) is 16.3 Å². The lowest BCUT2D eigenvalue weighted by molar-refractivity contribution is 0.0696. The van der Waals surface area contributed by atoms with E-state index in [1.165, 1.54) is 6.07 Å². The molecule has 0 atom stereocenters. The number of carbonyl (C=O) groups is 1. The summed E-state index contributed by atoms with van der Waals surface area (Å²) >= 11 is 5.90. The summed E-state index contributed by atoms with van der Waals surface area (Å²) in [6.45, 7) is 6.81. The van der Waals surface area contributed by atoms with E-state index in [4.69, 9.17) is 16.7 Å². The number of aromatic carboxylic acids is 1. The second-order valence-corrected chi connectivity index (χ2v) is 5.88. The Kier molecular flexibility index (Phi) is 3.69. The Morgan fingerprint density at radius 2 is 2.11 bits per heavy atom. The molecule has 0 unspecified atom stereocenters. The second-order valence-electron chi connectivity index (χ2n) is 5.50. The maximum Gasteiger partial charge on any atom is 0.335 e. The maximum absolute atomic E-state index is 11.1. The van der Waals surface area contributed by atoms with E-state index < -0.39 is 5.97 Å². The average molecular weight is 284 g/mol. The molecule has 19 heavy (non-hydrogen) atoms. The predicted octanol–water partition coefficient (Wildman–Crippen LogP) is 1.96. The fourth-order valence-electron chi connectivity index (χ4n) is 2.20. The standard InChI is InChI=1S/C13H18ClN3O2/c1-13(2)8-17(5-4-16(13)3)11-7-9(12(18)19)6-10(14)15-11/h6-7H,4-5,8H2,1-3H3,(H,18,19). The molecule has 0 spiro atoms. The molecule has 0 amide bonds. The summed E-state index contributed by atoms with van der Waals surface area (Å²) in [5, 5.41) is 9.28. The van der Waals surface area contributed by atoms with Crippen LogP contribution in [0.25, 0.3) is 0 Å². The highest BCUT2D eigenvalue weighted by Crippen LogP contribution is 2.25. The maximum atomic E-state index is 11.1. The van der Waals surface area contributed by atoms with E-state index in [1.54, 1.807) is 6.07 Å². The van der Waals surface area contributed by atoms with Gasteiger partial charge in [0.2, 0.25) is 0 Å². The summed E-state index contributed by atoms with van der Waals surface area (Å²) in [5.41, 5.74) is 0.192. The van der Waals surface area contributed by atoms with Crippen molar-refractivity contribution >= 4 is 23.4 Å². The van der Waals surface area contributed by atoms with Crippen molar-refractivity contribution in [1.82, 2.24) is 9.88 Å². The molecular weight excluding hydrogens is 266 g/mol. The van der Waals surface area contributed by atoms with Crippen LogP contribution in [0.4, 0.5) is 5.82 Å². The molecule has 2 rings (SSSR count). The van der Waals surface area contributed by atoms with Gasteiger partial charge in [-0.15, -0.1) is 0 Å². The SMILES string of the molecule is CN1CCN(c2cc(C(=O)O)cc(Cl)n2)CC1(C)C. The zero-order valence-corrected chi connectivity index (χ0v) is 12.1. The summed E-state index contributed by atoms with van der Waals surface area (Å²) < 4.78 is 0. The van der Waals surface area contributed by atoms with Gasteiger partial charge < -0.3 is 10.0 Å². The number of hydrogen-bond acceptors (Lipinski definition) is 4. The van der Waals surface area contributed by atoms with Gasteiger partial charge in [-0.3, -0.25) is 4.90 Å². The van der Waals surface area contributed by atoms with E-state index in [2.05, 4.69) is 35.7 Å². The normalized spacial score (nSPS) is 19.5. The van der Waals surface area contributed by atoms with Gasteiger partial charge in [-0.25, -0.2) is 9.78 Å². The summed E-state index contributed by atoms with van der Waals surface area (Å²) in [6, 6.07) is 2.95. The Hall–Kier alpha value is -1.33. The third-order valence-corrected chi connectivity index (χ3v) is 3.86. The van der Waals surface area contributed by atoms with Crippen LogP contribution in [0.1, 0.15) is 24.2 Å². The fraction of sp³-hybridized carbons (Fsp3) is 0.538. The number of pyridine rings is 1. The quantitative estimate of drug-likeness (QED) is 0.841. The average Bonchev–Trinajstić information content (AvgIpc) is 2.31. The first kappa shape index (κ1) is 14.1. The van der Waals surface area contributed by atoms with Gasteiger partial charge in [-0.1, -0.05) is 11.6 Å². The van der Waals surface area contributed by atoms with Crippen LogP contribution in [0.3, 0.4) is 0 Å². The van der Waals surface area contributed by atoms with Crippen LogP contribution in [0, 0.1) is 0 Å². The minimum absolute atomic E-state index is 0.0195. The number of likely N-dealkylation sites (N-methyl/N-ethyl adjacent to an activating group) is 1. The highest BCUT2D eigenvalue weighted by Gasteiger charge is 2.31. The van der Waals surface area contributed by atoms with Gasteiger partial charge in [0.1, 0.15) is 11.0 Å². The van der Waals surface area contributed by atoms with Crippen molar-refractivity contribution in [2.75, 3.05) is 31.6 Å². The van der Waals surface area contributed by atoms with E-state index in [1.807, 2.05) is 0 Å². The van der Waals surface area contributed by atoms with E-state index in [0.29, 0.717) is 5.82 Å². The third kappa shape index (κ3) is 2.98. The largest absolute Gasteiger partial charge is 0.478 e. The van der Waals surface area contributed by atoms with Gasteiger partial charge >= 0.3 is 5.97 Å². The van der Waals surface area contributed by atoms with Gasteiger partial charge in [0, 0.05) is 25.2 Å². The van der Waals surface area contributed by atoms with Crippen molar-refractivity contribution in [2.24, 2.45) is 0 Å². The number of carboxylic acid groups (broad SMARTS) is 1. The monoisotopic (exact) mass is 283 g/mol. The topological polar surface area (TPSA) is 56.7 Å². The Balaban J connectivity index is 2.30. The lowest BCUT2D eigenvalue weighted by Gasteiger charge is -2.45. The molecule has 0 aromatic carbocycles.